The third-order valence-corrected chi connectivity index (χ3v) is 3.15. The number of rotatable bonds is 4. The van der Waals surface area contributed by atoms with Gasteiger partial charge in [0.25, 0.3) is 0 Å². The summed E-state index contributed by atoms with van der Waals surface area (Å²) >= 11 is 0. The van der Waals surface area contributed by atoms with Gasteiger partial charge in [0.1, 0.15) is 6.10 Å². The van der Waals surface area contributed by atoms with Gasteiger partial charge in [0.05, 0.1) is 12.7 Å². The van der Waals surface area contributed by atoms with Crippen molar-refractivity contribution < 1.29 is 19.4 Å². The summed E-state index contributed by atoms with van der Waals surface area (Å²) in [6.07, 6.45) is 5.87. The van der Waals surface area contributed by atoms with Crippen LogP contribution >= 0.6 is 0 Å². The fourth-order valence-electron chi connectivity index (χ4n) is 2.05. The minimum Gasteiger partial charge on any atom is -0.462 e. The number of esters is 1. The molecule has 2 heterocycles. The standard InChI is InChI=1S/C8H14O2.C6H10O2/c1-7-5-8(10-6-7)3-2-4-9;1-2-5-3-4-6(7)8-5/h8-9H,1-6H2;5H,2-4H2,1H3/t;5-/m.1/s1. The van der Waals surface area contributed by atoms with Crippen LogP contribution in [0.15, 0.2) is 12.2 Å². The molecule has 2 aliphatic heterocycles. The quantitative estimate of drug-likeness (QED) is 0.619. The number of cyclic esters (lactones) is 1. The van der Waals surface area contributed by atoms with E-state index in [1.54, 1.807) is 0 Å². The molecule has 4 heteroatoms. The van der Waals surface area contributed by atoms with E-state index in [-0.39, 0.29) is 18.7 Å². The van der Waals surface area contributed by atoms with Crippen LogP contribution in [0.5, 0.6) is 0 Å². The fraction of sp³-hybridized carbons (Fsp3) is 0.786. The van der Waals surface area contributed by atoms with Crippen LogP contribution in [-0.4, -0.2) is 36.5 Å². The fourth-order valence-corrected chi connectivity index (χ4v) is 2.05. The molecule has 2 rings (SSSR count). The minimum absolute atomic E-state index is 0.0307. The number of ether oxygens (including phenoxy) is 2. The van der Waals surface area contributed by atoms with Gasteiger partial charge in [0.2, 0.25) is 0 Å². The van der Waals surface area contributed by atoms with Crippen LogP contribution < -0.4 is 0 Å². The van der Waals surface area contributed by atoms with Gasteiger partial charge in [-0.2, -0.15) is 0 Å². The van der Waals surface area contributed by atoms with E-state index >= 15 is 0 Å². The van der Waals surface area contributed by atoms with Gasteiger partial charge in [-0.1, -0.05) is 13.5 Å². The average Bonchev–Trinajstić information content (AvgIpc) is 2.96. The van der Waals surface area contributed by atoms with E-state index in [9.17, 15) is 4.79 Å². The lowest BCUT2D eigenvalue weighted by atomic mass is 10.1. The number of hydrogen-bond acceptors (Lipinski definition) is 4. The highest BCUT2D eigenvalue weighted by Crippen LogP contribution is 2.20. The van der Waals surface area contributed by atoms with Crippen molar-refractivity contribution in [2.75, 3.05) is 13.2 Å². The Bertz CT molecular complexity index is 275. The van der Waals surface area contributed by atoms with Crippen molar-refractivity contribution in [1.29, 1.82) is 0 Å². The molecule has 2 saturated heterocycles. The maximum Gasteiger partial charge on any atom is 0.306 e. The van der Waals surface area contributed by atoms with Crippen LogP contribution in [0.1, 0.15) is 45.4 Å². The molecule has 0 saturated carbocycles. The number of aliphatic hydroxyl groups excluding tert-OH is 1. The van der Waals surface area contributed by atoms with Gasteiger partial charge >= 0.3 is 5.97 Å². The van der Waals surface area contributed by atoms with Gasteiger partial charge in [-0.3, -0.25) is 4.79 Å². The Labute approximate surface area is 109 Å². The molecule has 1 N–H and O–H groups in total. The van der Waals surface area contributed by atoms with Crippen molar-refractivity contribution in [3.63, 3.8) is 0 Å². The second kappa shape index (κ2) is 8.27. The normalized spacial score (nSPS) is 26.8. The predicted octanol–water partition coefficient (Wildman–Crippen LogP) is 2.21. The summed E-state index contributed by atoms with van der Waals surface area (Å²) in [5, 5.41) is 8.51. The summed E-state index contributed by atoms with van der Waals surface area (Å²) in [5.41, 5.74) is 1.18. The molecule has 0 aromatic carbocycles. The first kappa shape index (κ1) is 15.2. The summed E-state index contributed by atoms with van der Waals surface area (Å²) in [6, 6.07) is 0. The van der Waals surface area contributed by atoms with Crippen molar-refractivity contribution in [1.82, 2.24) is 0 Å². The molecule has 2 fully saturated rings. The maximum atomic E-state index is 10.4. The van der Waals surface area contributed by atoms with Crippen molar-refractivity contribution in [3.05, 3.63) is 12.2 Å². The highest BCUT2D eigenvalue weighted by atomic mass is 16.5. The molecule has 1 unspecified atom stereocenters. The van der Waals surface area contributed by atoms with Crippen molar-refractivity contribution >= 4 is 5.97 Å². The number of carbonyl (C=O) groups excluding carboxylic acids is 1. The molecule has 4 nitrogen and oxygen atoms in total. The zero-order valence-electron chi connectivity index (χ0n) is 11.2. The van der Waals surface area contributed by atoms with Crippen LogP contribution in [0.3, 0.4) is 0 Å². The van der Waals surface area contributed by atoms with Gasteiger partial charge in [0.15, 0.2) is 0 Å². The van der Waals surface area contributed by atoms with Crippen LogP contribution in [0.25, 0.3) is 0 Å². The summed E-state index contributed by atoms with van der Waals surface area (Å²) in [5.74, 6) is -0.0307. The molecule has 0 spiro atoms. The van der Waals surface area contributed by atoms with Crippen LogP contribution in [-0.2, 0) is 14.3 Å². The SMILES string of the molecule is C=C1COC(CCCO)C1.CC[C@@H]1CCC(=O)O1. The van der Waals surface area contributed by atoms with Crippen LogP contribution in [0, 0.1) is 0 Å². The Balaban J connectivity index is 0.000000184. The zero-order valence-corrected chi connectivity index (χ0v) is 11.2. The van der Waals surface area contributed by atoms with E-state index < -0.39 is 0 Å². The highest BCUT2D eigenvalue weighted by molar-refractivity contribution is 5.71. The van der Waals surface area contributed by atoms with Crippen molar-refractivity contribution in [2.45, 2.75) is 57.7 Å². The van der Waals surface area contributed by atoms with Crippen LogP contribution in [0.2, 0.25) is 0 Å². The van der Waals surface area contributed by atoms with E-state index in [0.29, 0.717) is 12.5 Å². The lowest BCUT2D eigenvalue weighted by Crippen LogP contribution is -2.04. The predicted molar refractivity (Wildman–Crippen MR) is 69.2 cm³/mol. The molecule has 104 valence electrons. The first-order chi connectivity index (χ1) is 8.65. The van der Waals surface area contributed by atoms with E-state index in [2.05, 4.69) is 6.58 Å². The first-order valence-corrected chi connectivity index (χ1v) is 6.74. The summed E-state index contributed by atoms with van der Waals surface area (Å²) in [4.78, 5) is 10.4. The smallest absolute Gasteiger partial charge is 0.306 e. The minimum atomic E-state index is -0.0307. The summed E-state index contributed by atoms with van der Waals surface area (Å²) < 4.78 is 10.2. The lowest BCUT2D eigenvalue weighted by Gasteiger charge is -2.05. The Hall–Kier alpha value is -0.870. The Morgan fingerprint density at radius 2 is 2.22 bits per heavy atom. The second-order valence-corrected chi connectivity index (χ2v) is 4.81. The molecule has 2 atom stereocenters. The van der Waals surface area contributed by atoms with E-state index in [0.717, 1.165) is 38.7 Å². The number of hydrogen-bond donors (Lipinski definition) is 1. The van der Waals surface area contributed by atoms with Gasteiger partial charge in [-0.25, -0.2) is 0 Å². The van der Waals surface area contributed by atoms with Crippen molar-refractivity contribution in [2.24, 2.45) is 0 Å². The Morgan fingerprint density at radius 3 is 2.61 bits per heavy atom. The van der Waals surface area contributed by atoms with Gasteiger partial charge in [-0.15, -0.1) is 0 Å². The van der Waals surface area contributed by atoms with Crippen LogP contribution in [0.4, 0.5) is 0 Å². The number of carbonyl (C=O) groups is 1. The number of aliphatic hydroxyl groups is 1. The maximum absolute atomic E-state index is 10.4. The average molecular weight is 256 g/mol. The summed E-state index contributed by atoms with van der Waals surface area (Å²) in [7, 11) is 0. The topological polar surface area (TPSA) is 55.8 Å². The third-order valence-electron chi connectivity index (χ3n) is 3.15. The monoisotopic (exact) mass is 256 g/mol. The van der Waals surface area contributed by atoms with E-state index in [4.69, 9.17) is 14.6 Å². The molecule has 0 aromatic heterocycles. The lowest BCUT2D eigenvalue weighted by molar-refractivity contribution is -0.141. The highest BCUT2D eigenvalue weighted by Gasteiger charge is 2.20. The molecule has 18 heavy (non-hydrogen) atoms. The molecular weight excluding hydrogens is 232 g/mol. The molecule has 0 amide bonds. The van der Waals surface area contributed by atoms with Crippen molar-refractivity contribution in [3.8, 4) is 0 Å². The largest absolute Gasteiger partial charge is 0.462 e. The Morgan fingerprint density at radius 1 is 1.44 bits per heavy atom. The van der Waals surface area contributed by atoms with Gasteiger partial charge < -0.3 is 14.6 Å². The second-order valence-electron chi connectivity index (χ2n) is 4.81. The summed E-state index contributed by atoms with van der Waals surface area (Å²) in [6.45, 7) is 6.84. The molecule has 0 aromatic rings. The molecule has 0 radical (unpaired) electrons. The third kappa shape index (κ3) is 5.65. The zero-order chi connectivity index (χ0) is 13.4. The van der Waals surface area contributed by atoms with Gasteiger partial charge in [0, 0.05) is 13.0 Å². The van der Waals surface area contributed by atoms with E-state index in [1.807, 2.05) is 6.92 Å². The molecule has 0 aliphatic carbocycles. The first-order valence-electron chi connectivity index (χ1n) is 6.74. The van der Waals surface area contributed by atoms with Gasteiger partial charge in [-0.05, 0) is 37.7 Å². The Kier molecular flexibility index (Phi) is 6.98. The molecular formula is C14H24O4. The van der Waals surface area contributed by atoms with E-state index in [1.165, 1.54) is 5.57 Å². The molecule has 2 aliphatic rings. The molecule has 0 bridgehead atoms.